The van der Waals surface area contributed by atoms with Crippen molar-refractivity contribution in [2.24, 2.45) is 11.7 Å². The quantitative estimate of drug-likeness (QED) is 0.815. The third kappa shape index (κ3) is 5.04. The first-order valence-electron chi connectivity index (χ1n) is 7.70. The number of ether oxygens (including phenoxy) is 1. The zero-order chi connectivity index (χ0) is 16.8. The summed E-state index contributed by atoms with van der Waals surface area (Å²) in [6, 6.07) is 7.27. The molecule has 2 aromatic rings. The van der Waals surface area contributed by atoms with Crippen molar-refractivity contribution < 1.29 is 9.53 Å². The Labute approximate surface area is 140 Å². The zero-order valence-corrected chi connectivity index (χ0v) is 14.6. The molecule has 23 heavy (non-hydrogen) atoms. The molecule has 5 nitrogen and oxygen atoms in total. The smallest absolute Gasteiger partial charge is 0.267 e. The highest BCUT2D eigenvalue weighted by atomic mass is 32.1. The SMILES string of the molecule is Cc1nc(CC(C)C)c(C(=O)Nc2ccc(OCCN)cc2)s1. The molecule has 1 heterocycles. The van der Waals surface area contributed by atoms with Gasteiger partial charge in [0.25, 0.3) is 5.91 Å². The number of nitrogens with two attached hydrogens (primary N) is 1. The summed E-state index contributed by atoms with van der Waals surface area (Å²) in [6.45, 7) is 7.12. The van der Waals surface area contributed by atoms with E-state index in [-0.39, 0.29) is 5.91 Å². The Hall–Kier alpha value is -1.92. The van der Waals surface area contributed by atoms with Gasteiger partial charge < -0.3 is 15.8 Å². The zero-order valence-electron chi connectivity index (χ0n) is 13.8. The Bertz CT molecular complexity index is 650. The number of anilines is 1. The normalized spacial score (nSPS) is 10.8. The van der Waals surface area contributed by atoms with Gasteiger partial charge in [-0.15, -0.1) is 11.3 Å². The van der Waals surface area contributed by atoms with E-state index in [4.69, 9.17) is 10.5 Å². The lowest BCUT2D eigenvalue weighted by atomic mass is 10.1. The van der Waals surface area contributed by atoms with Gasteiger partial charge in [0.1, 0.15) is 17.2 Å². The van der Waals surface area contributed by atoms with Gasteiger partial charge in [-0.05, 0) is 43.5 Å². The van der Waals surface area contributed by atoms with Crippen LogP contribution in [0.1, 0.15) is 34.2 Å². The predicted molar refractivity (Wildman–Crippen MR) is 94.3 cm³/mol. The first kappa shape index (κ1) is 17.4. The van der Waals surface area contributed by atoms with E-state index in [1.807, 2.05) is 31.2 Å². The van der Waals surface area contributed by atoms with Crippen LogP contribution < -0.4 is 15.8 Å². The molecule has 0 aliphatic heterocycles. The number of aryl methyl sites for hydroxylation is 1. The summed E-state index contributed by atoms with van der Waals surface area (Å²) >= 11 is 1.44. The van der Waals surface area contributed by atoms with Gasteiger partial charge in [0.2, 0.25) is 0 Å². The van der Waals surface area contributed by atoms with Gasteiger partial charge >= 0.3 is 0 Å². The third-order valence-corrected chi connectivity index (χ3v) is 4.12. The molecular weight excluding hydrogens is 310 g/mol. The van der Waals surface area contributed by atoms with E-state index in [9.17, 15) is 4.79 Å². The summed E-state index contributed by atoms with van der Waals surface area (Å²) in [5.74, 6) is 1.09. The van der Waals surface area contributed by atoms with Gasteiger partial charge in [-0.2, -0.15) is 0 Å². The summed E-state index contributed by atoms with van der Waals surface area (Å²) < 4.78 is 5.42. The van der Waals surface area contributed by atoms with Gasteiger partial charge in [0.05, 0.1) is 10.7 Å². The maximum absolute atomic E-state index is 12.5. The van der Waals surface area contributed by atoms with Gasteiger partial charge in [-0.25, -0.2) is 4.98 Å². The Kier molecular flexibility index (Phi) is 6.12. The predicted octanol–water partition coefficient (Wildman–Crippen LogP) is 3.24. The van der Waals surface area contributed by atoms with Gasteiger partial charge in [-0.3, -0.25) is 4.79 Å². The summed E-state index contributed by atoms with van der Waals surface area (Å²) in [6.07, 6.45) is 0.805. The van der Waals surface area contributed by atoms with Crippen LogP contribution in [0.15, 0.2) is 24.3 Å². The summed E-state index contributed by atoms with van der Waals surface area (Å²) in [4.78, 5) is 17.7. The Balaban J connectivity index is 2.07. The van der Waals surface area contributed by atoms with Crippen LogP contribution in [0.3, 0.4) is 0 Å². The van der Waals surface area contributed by atoms with Crippen LogP contribution in [0.5, 0.6) is 5.75 Å². The minimum Gasteiger partial charge on any atom is -0.492 e. The van der Waals surface area contributed by atoms with Crippen molar-refractivity contribution in [1.29, 1.82) is 0 Å². The van der Waals surface area contributed by atoms with E-state index in [2.05, 4.69) is 24.1 Å². The second-order valence-corrected chi connectivity index (χ2v) is 6.93. The molecule has 0 unspecified atom stereocenters. The van der Waals surface area contributed by atoms with Gasteiger partial charge in [0.15, 0.2) is 0 Å². The van der Waals surface area contributed by atoms with Crippen molar-refractivity contribution in [3.8, 4) is 5.75 Å². The van der Waals surface area contributed by atoms with Crippen molar-refractivity contribution >= 4 is 22.9 Å². The van der Waals surface area contributed by atoms with Crippen LogP contribution in [-0.2, 0) is 6.42 Å². The molecule has 1 amide bonds. The lowest BCUT2D eigenvalue weighted by Crippen LogP contribution is -2.13. The average Bonchev–Trinajstić information content (AvgIpc) is 2.86. The molecule has 0 saturated heterocycles. The highest BCUT2D eigenvalue weighted by Crippen LogP contribution is 2.23. The number of nitrogens with zero attached hydrogens (tertiary/aromatic N) is 1. The maximum Gasteiger partial charge on any atom is 0.267 e. The molecule has 3 N–H and O–H groups in total. The van der Waals surface area contributed by atoms with Crippen LogP contribution in [0.25, 0.3) is 0 Å². The monoisotopic (exact) mass is 333 g/mol. The topological polar surface area (TPSA) is 77.2 Å². The second kappa shape index (κ2) is 8.08. The summed E-state index contributed by atoms with van der Waals surface area (Å²) in [7, 11) is 0. The van der Waals surface area contributed by atoms with Crippen LogP contribution in [0.4, 0.5) is 5.69 Å². The van der Waals surface area contributed by atoms with Crippen molar-refractivity contribution in [3.05, 3.63) is 39.8 Å². The Morgan fingerprint density at radius 1 is 1.35 bits per heavy atom. The lowest BCUT2D eigenvalue weighted by Gasteiger charge is -2.08. The second-order valence-electron chi connectivity index (χ2n) is 5.72. The van der Waals surface area contributed by atoms with Gasteiger partial charge in [-0.1, -0.05) is 13.8 Å². The van der Waals surface area contributed by atoms with Crippen molar-refractivity contribution in [1.82, 2.24) is 4.98 Å². The molecule has 124 valence electrons. The molecule has 0 atom stereocenters. The summed E-state index contributed by atoms with van der Waals surface area (Å²) in [5.41, 5.74) is 7.01. The van der Waals surface area contributed by atoms with Crippen molar-refractivity contribution in [3.63, 3.8) is 0 Å². The number of aromatic nitrogens is 1. The molecular formula is C17H23N3O2S. The Morgan fingerprint density at radius 2 is 2.04 bits per heavy atom. The van der Waals surface area contributed by atoms with E-state index in [1.54, 1.807) is 0 Å². The molecule has 1 aromatic heterocycles. The van der Waals surface area contributed by atoms with E-state index in [0.717, 1.165) is 28.6 Å². The average molecular weight is 333 g/mol. The number of benzene rings is 1. The fourth-order valence-electron chi connectivity index (χ4n) is 2.17. The number of rotatable bonds is 7. The Morgan fingerprint density at radius 3 is 2.65 bits per heavy atom. The molecule has 1 aromatic carbocycles. The molecule has 0 fully saturated rings. The standard InChI is InChI=1S/C17H23N3O2S/c1-11(2)10-15-16(23-12(3)19-15)17(21)20-13-4-6-14(7-5-13)22-9-8-18/h4-7,11H,8-10,18H2,1-3H3,(H,20,21). The lowest BCUT2D eigenvalue weighted by molar-refractivity contribution is 0.102. The third-order valence-electron chi connectivity index (χ3n) is 3.11. The fraction of sp³-hybridized carbons (Fsp3) is 0.412. The van der Waals surface area contributed by atoms with E-state index in [1.165, 1.54) is 11.3 Å². The number of hydrogen-bond donors (Lipinski definition) is 2. The number of carbonyl (C=O) groups excluding carboxylic acids is 1. The molecule has 0 spiro atoms. The highest BCUT2D eigenvalue weighted by molar-refractivity contribution is 7.13. The summed E-state index contributed by atoms with van der Waals surface area (Å²) in [5, 5.41) is 3.83. The number of thiazole rings is 1. The van der Waals surface area contributed by atoms with E-state index < -0.39 is 0 Å². The van der Waals surface area contributed by atoms with Crippen molar-refractivity contribution in [2.75, 3.05) is 18.5 Å². The van der Waals surface area contributed by atoms with Gasteiger partial charge in [0, 0.05) is 12.2 Å². The van der Waals surface area contributed by atoms with Crippen LogP contribution in [0.2, 0.25) is 0 Å². The van der Waals surface area contributed by atoms with Crippen LogP contribution in [0, 0.1) is 12.8 Å². The number of amides is 1. The number of carbonyl (C=O) groups is 1. The van der Waals surface area contributed by atoms with E-state index in [0.29, 0.717) is 23.9 Å². The number of nitrogens with one attached hydrogen (secondary N) is 1. The molecule has 2 rings (SSSR count). The molecule has 0 radical (unpaired) electrons. The van der Waals surface area contributed by atoms with Crippen molar-refractivity contribution in [2.45, 2.75) is 27.2 Å². The molecule has 6 heteroatoms. The first-order chi connectivity index (χ1) is 11.0. The first-order valence-corrected chi connectivity index (χ1v) is 8.51. The molecule has 0 aliphatic rings. The molecule has 0 aliphatic carbocycles. The fourth-order valence-corrected chi connectivity index (χ4v) is 3.01. The largest absolute Gasteiger partial charge is 0.492 e. The molecule has 0 bridgehead atoms. The highest BCUT2D eigenvalue weighted by Gasteiger charge is 2.17. The van der Waals surface area contributed by atoms with Crippen LogP contribution >= 0.6 is 11.3 Å². The maximum atomic E-state index is 12.5. The molecule has 0 saturated carbocycles. The van der Waals surface area contributed by atoms with E-state index >= 15 is 0 Å². The number of hydrogen-bond acceptors (Lipinski definition) is 5. The van der Waals surface area contributed by atoms with Crippen LogP contribution in [-0.4, -0.2) is 24.0 Å². The minimum atomic E-state index is -0.109. The minimum absolute atomic E-state index is 0.109.